The lowest BCUT2D eigenvalue weighted by Gasteiger charge is -2.38. The molecule has 3 fully saturated rings. The van der Waals surface area contributed by atoms with Crippen LogP contribution in [0.4, 0.5) is 20.2 Å². The molecule has 0 aromatic heterocycles. The van der Waals surface area contributed by atoms with Gasteiger partial charge < -0.3 is 10.0 Å². The van der Waals surface area contributed by atoms with E-state index in [0.29, 0.717) is 23.3 Å². The number of phenolic OH excluding ortho intramolecular Hbond substituents is 1. The Hall–Kier alpha value is -2.73. The van der Waals surface area contributed by atoms with Crippen LogP contribution in [0, 0.1) is 5.41 Å². The third-order valence-electron chi connectivity index (χ3n) is 9.10. The van der Waals surface area contributed by atoms with Gasteiger partial charge in [0.1, 0.15) is 10.6 Å². The number of carbonyl (C=O) groups is 1. The van der Waals surface area contributed by atoms with Crippen LogP contribution >= 0.6 is 0 Å². The summed E-state index contributed by atoms with van der Waals surface area (Å²) in [4.78, 5) is 14.9. The van der Waals surface area contributed by atoms with Crippen molar-refractivity contribution in [2.75, 3.05) is 22.4 Å². The quantitative estimate of drug-likeness (QED) is 0.534. The summed E-state index contributed by atoms with van der Waals surface area (Å²) >= 11 is 0. The normalized spacial score (nSPS) is 22.9. The molecule has 39 heavy (non-hydrogen) atoms. The summed E-state index contributed by atoms with van der Waals surface area (Å²) in [6.07, 6.45) is 5.56. The third-order valence-corrected chi connectivity index (χ3v) is 11.9. The number of aromatic hydroxyl groups is 1. The van der Waals surface area contributed by atoms with Crippen LogP contribution < -0.4 is 9.62 Å². The second kappa shape index (κ2) is 8.39. The molecule has 2 aromatic rings. The van der Waals surface area contributed by atoms with Gasteiger partial charge in [-0.05, 0) is 85.9 Å². The number of hydrogen-bond acceptors (Lipinski definition) is 6. The molecule has 3 saturated carbocycles. The molecular formula is C27H30F2N2O6S2. The Morgan fingerprint density at radius 3 is 2.21 bits per heavy atom. The first-order chi connectivity index (χ1) is 18.1. The van der Waals surface area contributed by atoms with Gasteiger partial charge in [0.25, 0.3) is 11.8 Å². The molecule has 1 heterocycles. The first-order valence-corrected chi connectivity index (χ1v) is 16.5. The van der Waals surface area contributed by atoms with Crippen molar-refractivity contribution in [1.82, 2.24) is 0 Å². The van der Waals surface area contributed by atoms with E-state index in [1.165, 1.54) is 18.9 Å². The number of halogens is 2. The lowest BCUT2D eigenvalue weighted by atomic mass is 9.66. The number of anilines is 2. The first-order valence-electron chi connectivity index (χ1n) is 13.0. The van der Waals surface area contributed by atoms with Gasteiger partial charge in [-0.1, -0.05) is 0 Å². The number of amides is 1. The molecule has 0 atom stereocenters. The van der Waals surface area contributed by atoms with E-state index < -0.39 is 60.4 Å². The zero-order valence-electron chi connectivity index (χ0n) is 21.4. The highest BCUT2D eigenvalue weighted by Gasteiger charge is 2.54. The van der Waals surface area contributed by atoms with Gasteiger partial charge in [-0.15, -0.1) is 0 Å². The topological polar surface area (TPSA) is 121 Å². The van der Waals surface area contributed by atoms with Gasteiger partial charge in [0, 0.05) is 41.7 Å². The average Bonchev–Trinajstić information content (AvgIpc) is 3.53. The Balaban J connectivity index is 1.35. The molecule has 2 aromatic carbocycles. The van der Waals surface area contributed by atoms with Crippen molar-refractivity contribution in [1.29, 1.82) is 0 Å². The number of fused-ring (bicyclic) bond motifs is 2. The molecule has 4 aliphatic rings. The van der Waals surface area contributed by atoms with E-state index in [-0.39, 0.29) is 11.0 Å². The number of hydrogen-bond donors (Lipinski definition) is 2. The highest BCUT2D eigenvalue weighted by molar-refractivity contribution is 7.92. The van der Waals surface area contributed by atoms with Crippen LogP contribution in [0.15, 0.2) is 41.3 Å². The van der Waals surface area contributed by atoms with E-state index in [0.717, 1.165) is 49.6 Å². The van der Waals surface area contributed by atoms with Gasteiger partial charge in [-0.25, -0.2) is 25.6 Å². The van der Waals surface area contributed by atoms with Crippen molar-refractivity contribution in [2.24, 2.45) is 5.41 Å². The van der Waals surface area contributed by atoms with Crippen LogP contribution in [-0.4, -0.2) is 51.8 Å². The Morgan fingerprint density at radius 1 is 0.974 bits per heavy atom. The van der Waals surface area contributed by atoms with Gasteiger partial charge >= 0.3 is 0 Å². The van der Waals surface area contributed by atoms with Crippen LogP contribution in [0.3, 0.4) is 0 Å². The summed E-state index contributed by atoms with van der Waals surface area (Å²) in [6.45, 7) is 0.359. The monoisotopic (exact) mass is 580 g/mol. The Bertz CT molecular complexity index is 1580. The van der Waals surface area contributed by atoms with Gasteiger partial charge in [0.15, 0.2) is 9.84 Å². The van der Waals surface area contributed by atoms with Crippen LogP contribution in [0.2, 0.25) is 0 Å². The van der Waals surface area contributed by atoms with E-state index in [4.69, 9.17) is 0 Å². The van der Waals surface area contributed by atoms with E-state index in [9.17, 15) is 35.5 Å². The number of phenols is 1. The maximum Gasteiger partial charge on any atom is 0.258 e. The predicted octanol–water partition coefficient (Wildman–Crippen LogP) is 4.59. The maximum atomic E-state index is 13.9. The number of benzene rings is 2. The van der Waals surface area contributed by atoms with Crippen LogP contribution in [0.1, 0.15) is 67.3 Å². The summed E-state index contributed by atoms with van der Waals surface area (Å²) in [5, 5.41) is 8.98. The highest BCUT2D eigenvalue weighted by atomic mass is 32.2. The van der Waals surface area contributed by atoms with Gasteiger partial charge in [-0.3, -0.25) is 9.52 Å². The number of sulfonamides is 1. The largest absolute Gasteiger partial charge is 0.507 e. The fourth-order valence-corrected chi connectivity index (χ4v) is 9.02. The van der Waals surface area contributed by atoms with Gasteiger partial charge in [0.05, 0.1) is 11.5 Å². The molecule has 0 unspecified atom stereocenters. The zero-order chi connectivity index (χ0) is 28.0. The van der Waals surface area contributed by atoms with Gasteiger partial charge in [-0.2, -0.15) is 0 Å². The summed E-state index contributed by atoms with van der Waals surface area (Å²) < 4.78 is 79.1. The molecule has 0 radical (unpaired) electrons. The number of nitrogens with one attached hydrogen (secondary N) is 1. The molecule has 210 valence electrons. The Labute approximate surface area is 226 Å². The number of alkyl halides is 2. The highest BCUT2D eigenvalue weighted by Crippen LogP contribution is 2.62. The SMILES string of the molecule is CS(=O)(=O)Nc1ccc2c(c1)C1(CCC3(CC3)CC1)CN2C(=O)c1ccc(O)c(S(=O)(=O)C2CC(F)(F)C2)c1. The molecule has 0 bridgehead atoms. The fraction of sp³-hybridized carbons (Fsp3) is 0.519. The lowest BCUT2D eigenvalue weighted by Crippen LogP contribution is -2.44. The summed E-state index contributed by atoms with van der Waals surface area (Å²) in [5.41, 5.74) is 1.95. The number of sulfone groups is 1. The maximum absolute atomic E-state index is 13.9. The minimum absolute atomic E-state index is 0.0215. The van der Waals surface area contributed by atoms with Crippen LogP contribution in [-0.2, 0) is 25.3 Å². The second-order valence-corrected chi connectivity index (χ2v) is 15.8. The second-order valence-electron chi connectivity index (χ2n) is 11.9. The van der Waals surface area contributed by atoms with Crippen molar-refractivity contribution in [3.05, 3.63) is 47.5 Å². The molecular weight excluding hydrogens is 550 g/mol. The predicted molar refractivity (Wildman–Crippen MR) is 142 cm³/mol. The molecule has 2 spiro atoms. The molecule has 0 saturated heterocycles. The fourth-order valence-electron chi connectivity index (χ4n) is 6.53. The van der Waals surface area contributed by atoms with Crippen molar-refractivity contribution in [3.8, 4) is 5.75 Å². The van der Waals surface area contributed by atoms with Crippen molar-refractivity contribution < 1.29 is 35.5 Å². The molecule has 1 amide bonds. The van der Waals surface area contributed by atoms with E-state index in [1.807, 2.05) is 0 Å². The minimum atomic E-state index is -4.27. The lowest BCUT2D eigenvalue weighted by molar-refractivity contribution is -0.0686. The van der Waals surface area contributed by atoms with E-state index in [1.54, 1.807) is 23.1 Å². The van der Waals surface area contributed by atoms with Crippen molar-refractivity contribution >= 4 is 37.1 Å². The molecule has 3 aliphatic carbocycles. The Morgan fingerprint density at radius 2 is 1.62 bits per heavy atom. The molecule has 12 heteroatoms. The van der Waals surface area contributed by atoms with Crippen molar-refractivity contribution in [3.63, 3.8) is 0 Å². The third kappa shape index (κ3) is 4.59. The van der Waals surface area contributed by atoms with E-state index >= 15 is 0 Å². The minimum Gasteiger partial charge on any atom is -0.507 e. The van der Waals surface area contributed by atoms with Crippen LogP contribution in [0.5, 0.6) is 5.75 Å². The standard InChI is InChI=1S/C27H30F2N2O6S2/c1-38(34,35)30-18-3-4-21-20(13-18)26(10-8-25(6-7-25)9-11-26)16-31(21)24(33)17-2-5-22(32)23(12-17)39(36,37)19-14-27(28,29)15-19/h2-5,12-13,19,30,32H,6-11,14-16H2,1H3. The summed E-state index contributed by atoms with van der Waals surface area (Å²) in [6, 6.07) is 8.60. The number of carbonyl (C=O) groups excluding carboxylic acids is 1. The van der Waals surface area contributed by atoms with Crippen molar-refractivity contribution in [2.45, 2.75) is 72.8 Å². The summed E-state index contributed by atoms with van der Waals surface area (Å²) in [5.74, 6) is -4.12. The molecule has 1 aliphatic heterocycles. The molecule has 8 nitrogen and oxygen atoms in total. The van der Waals surface area contributed by atoms with E-state index in [2.05, 4.69) is 4.72 Å². The number of rotatable bonds is 5. The Kier molecular flexibility index (Phi) is 5.70. The molecule has 2 N–H and O–H groups in total. The van der Waals surface area contributed by atoms with Crippen LogP contribution in [0.25, 0.3) is 0 Å². The molecule has 6 rings (SSSR count). The van der Waals surface area contributed by atoms with Gasteiger partial charge in [0.2, 0.25) is 10.0 Å². The summed E-state index contributed by atoms with van der Waals surface area (Å²) in [7, 11) is -7.78. The number of nitrogens with zero attached hydrogens (tertiary/aromatic N) is 1. The first kappa shape index (κ1) is 26.5. The zero-order valence-corrected chi connectivity index (χ0v) is 23.0. The average molecular weight is 581 g/mol. The smallest absolute Gasteiger partial charge is 0.258 e.